The maximum atomic E-state index is 14.3. The minimum Gasteiger partial charge on any atom is -0.497 e. The van der Waals surface area contributed by atoms with Gasteiger partial charge in [-0.1, -0.05) is 30.3 Å². The van der Waals surface area contributed by atoms with E-state index in [2.05, 4.69) is 26.5 Å². The third kappa shape index (κ3) is 6.87. The van der Waals surface area contributed by atoms with Gasteiger partial charge < -0.3 is 20.3 Å². The van der Waals surface area contributed by atoms with Gasteiger partial charge in [-0.2, -0.15) is 0 Å². The first kappa shape index (κ1) is 26.6. The van der Waals surface area contributed by atoms with Crippen molar-refractivity contribution >= 4 is 28.8 Å². The molecule has 0 saturated carbocycles. The zero-order valence-corrected chi connectivity index (χ0v) is 22.0. The number of methoxy groups -OCH3 is 1. The molecule has 0 spiro atoms. The van der Waals surface area contributed by atoms with Crippen LogP contribution in [0.1, 0.15) is 23.4 Å². The summed E-state index contributed by atoms with van der Waals surface area (Å²) in [5, 5.41) is 7.63. The molecule has 1 fully saturated rings. The molecule has 7 nitrogen and oxygen atoms in total. The van der Waals surface area contributed by atoms with Crippen LogP contribution < -0.4 is 20.3 Å². The number of piperazine rings is 1. The molecule has 2 heterocycles. The van der Waals surface area contributed by atoms with Crippen molar-refractivity contribution in [3.63, 3.8) is 0 Å². The van der Waals surface area contributed by atoms with Crippen LogP contribution in [0, 0.1) is 5.82 Å². The van der Waals surface area contributed by atoms with E-state index in [1.165, 1.54) is 6.07 Å². The zero-order valence-electron chi connectivity index (χ0n) is 21.2. The molecule has 2 atom stereocenters. The van der Waals surface area contributed by atoms with Gasteiger partial charge >= 0.3 is 11.8 Å². The van der Waals surface area contributed by atoms with Gasteiger partial charge in [0.05, 0.1) is 18.8 Å². The molecular weight excluding hydrogens is 491 g/mol. The highest BCUT2D eigenvalue weighted by atomic mass is 32.1. The van der Waals surface area contributed by atoms with Gasteiger partial charge in [-0.15, -0.1) is 11.3 Å². The standard InChI is InChI=1S/C28H33FN4O3S/c1-20(31-28(35)27(34)30-14-13-21-9-11-22(36-2)12-10-21)26(25-8-5-19-37-25)33-17-15-32(16-18-33)24-7-4-3-6-23(24)29/h3-12,19-20,26H,13-18H2,1-2H3,(H,30,34)(H,31,35)/t20-,26-/m0/s1. The van der Waals surface area contributed by atoms with Crippen molar-refractivity contribution in [2.45, 2.75) is 25.4 Å². The Balaban J connectivity index is 1.32. The smallest absolute Gasteiger partial charge is 0.309 e. The molecule has 1 saturated heterocycles. The number of nitrogens with one attached hydrogen (secondary N) is 2. The van der Waals surface area contributed by atoms with Gasteiger partial charge in [0, 0.05) is 43.6 Å². The van der Waals surface area contributed by atoms with E-state index < -0.39 is 11.8 Å². The largest absolute Gasteiger partial charge is 0.497 e. The number of hydrogen-bond donors (Lipinski definition) is 2. The highest BCUT2D eigenvalue weighted by Gasteiger charge is 2.32. The molecule has 196 valence electrons. The Kier molecular flexibility index (Phi) is 9.14. The number of carbonyl (C=O) groups is 2. The first-order chi connectivity index (χ1) is 18.0. The molecule has 4 rings (SSSR count). The maximum Gasteiger partial charge on any atom is 0.309 e. The molecule has 1 aliphatic heterocycles. The molecule has 1 aromatic heterocycles. The molecule has 2 amide bonds. The van der Waals surface area contributed by atoms with Crippen LogP contribution in [0.15, 0.2) is 66.0 Å². The van der Waals surface area contributed by atoms with E-state index in [1.54, 1.807) is 30.6 Å². The van der Waals surface area contributed by atoms with Crippen LogP contribution in [0.2, 0.25) is 0 Å². The van der Waals surface area contributed by atoms with Crippen LogP contribution in [-0.2, 0) is 16.0 Å². The van der Waals surface area contributed by atoms with Crippen molar-refractivity contribution < 1.29 is 18.7 Å². The second-order valence-electron chi connectivity index (χ2n) is 9.05. The Morgan fingerprint density at radius 2 is 1.73 bits per heavy atom. The van der Waals surface area contributed by atoms with Crippen LogP contribution in [0.25, 0.3) is 0 Å². The fraction of sp³-hybridized carbons (Fsp3) is 0.357. The fourth-order valence-corrected chi connectivity index (χ4v) is 5.66. The normalized spacial score (nSPS) is 15.6. The molecule has 0 aliphatic carbocycles. The van der Waals surface area contributed by atoms with E-state index in [9.17, 15) is 14.0 Å². The summed E-state index contributed by atoms with van der Waals surface area (Å²) in [5.41, 5.74) is 1.66. The van der Waals surface area contributed by atoms with Crippen LogP contribution >= 0.6 is 11.3 Å². The Bertz CT molecular complexity index is 1160. The molecule has 0 bridgehead atoms. The van der Waals surface area contributed by atoms with E-state index in [4.69, 9.17) is 4.74 Å². The average Bonchev–Trinajstić information content (AvgIpc) is 3.44. The number of rotatable bonds is 9. The minimum atomic E-state index is -0.645. The molecule has 3 aromatic rings. The number of halogens is 1. The molecular formula is C28H33FN4O3S. The highest BCUT2D eigenvalue weighted by molar-refractivity contribution is 7.10. The van der Waals surface area contributed by atoms with Crippen molar-refractivity contribution in [2.24, 2.45) is 0 Å². The molecule has 2 aromatic carbocycles. The van der Waals surface area contributed by atoms with E-state index in [-0.39, 0.29) is 17.9 Å². The second kappa shape index (κ2) is 12.7. The number of nitrogens with zero attached hydrogens (tertiary/aromatic N) is 2. The lowest BCUT2D eigenvalue weighted by molar-refractivity contribution is -0.139. The third-order valence-electron chi connectivity index (χ3n) is 6.63. The fourth-order valence-electron chi connectivity index (χ4n) is 4.70. The summed E-state index contributed by atoms with van der Waals surface area (Å²) in [6, 6.07) is 18.1. The average molecular weight is 525 g/mol. The predicted octanol–water partition coefficient (Wildman–Crippen LogP) is 3.62. The quantitative estimate of drug-likeness (QED) is 0.419. The van der Waals surface area contributed by atoms with Crippen LogP contribution in [0.5, 0.6) is 5.75 Å². The highest BCUT2D eigenvalue weighted by Crippen LogP contribution is 2.30. The summed E-state index contributed by atoms with van der Waals surface area (Å²) in [6.07, 6.45) is 0.614. The van der Waals surface area contributed by atoms with Crippen molar-refractivity contribution in [2.75, 3.05) is 44.7 Å². The summed E-state index contributed by atoms with van der Waals surface area (Å²) in [6.45, 7) is 5.07. The Morgan fingerprint density at radius 1 is 1.00 bits per heavy atom. The number of ether oxygens (including phenoxy) is 1. The van der Waals surface area contributed by atoms with Crippen LogP contribution in [0.4, 0.5) is 10.1 Å². The SMILES string of the molecule is COc1ccc(CCNC(=O)C(=O)N[C@@H](C)[C@@H](c2cccs2)N2CCN(c3ccccc3F)CC2)cc1. The zero-order chi connectivity index (χ0) is 26.2. The van der Waals surface area contributed by atoms with E-state index >= 15 is 0 Å². The van der Waals surface area contributed by atoms with Crippen molar-refractivity contribution in [1.29, 1.82) is 0 Å². The topological polar surface area (TPSA) is 73.9 Å². The predicted molar refractivity (Wildman–Crippen MR) is 145 cm³/mol. The first-order valence-electron chi connectivity index (χ1n) is 12.4. The number of benzene rings is 2. The van der Waals surface area contributed by atoms with Gasteiger partial charge in [0.1, 0.15) is 11.6 Å². The Labute approximate surface area is 221 Å². The van der Waals surface area contributed by atoms with E-state index in [0.717, 1.165) is 16.2 Å². The number of thiophene rings is 1. The monoisotopic (exact) mass is 524 g/mol. The van der Waals surface area contributed by atoms with Gasteiger partial charge in [0.25, 0.3) is 0 Å². The lowest BCUT2D eigenvalue weighted by Gasteiger charge is -2.42. The Morgan fingerprint density at radius 3 is 2.38 bits per heavy atom. The first-order valence-corrected chi connectivity index (χ1v) is 13.3. The van der Waals surface area contributed by atoms with Gasteiger partial charge in [0.2, 0.25) is 0 Å². The lowest BCUT2D eigenvalue weighted by Crippen LogP contribution is -2.54. The number of amides is 2. The summed E-state index contributed by atoms with van der Waals surface area (Å²) in [5.74, 6) is -0.733. The summed E-state index contributed by atoms with van der Waals surface area (Å²) < 4.78 is 19.4. The number of anilines is 1. The van der Waals surface area contributed by atoms with Crippen molar-refractivity contribution in [1.82, 2.24) is 15.5 Å². The number of hydrogen-bond acceptors (Lipinski definition) is 6. The molecule has 0 unspecified atom stereocenters. The Hall–Kier alpha value is -3.43. The van der Waals surface area contributed by atoms with Gasteiger partial charge in [-0.25, -0.2) is 4.39 Å². The number of para-hydroxylation sites is 1. The van der Waals surface area contributed by atoms with Gasteiger partial charge in [-0.05, 0) is 54.6 Å². The van der Waals surface area contributed by atoms with Gasteiger partial charge in [-0.3, -0.25) is 14.5 Å². The molecule has 0 radical (unpaired) electrons. The van der Waals surface area contributed by atoms with Crippen molar-refractivity contribution in [3.8, 4) is 5.75 Å². The van der Waals surface area contributed by atoms with Gasteiger partial charge in [0.15, 0.2) is 0 Å². The minimum absolute atomic E-state index is 0.0844. The van der Waals surface area contributed by atoms with E-state index in [0.29, 0.717) is 44.8 Å². The summed E-state index contributed by atoms with van der Waals surface area (Å²) in [7, 11) is 1.61. The molecule has 1 aliphatic rings. The maximum absolute atomic E-state index is 14.3. The number of carbonyl (C=O) groups excluding carboxylic acids is 2. The van der Waals surface area contributed by atoms with Crippen LogP contribution in [0.3, 0.4) is 0 Å². The summed E-state index contributed by atoms with van der Waals surface area (Å²) in [4.78, 5) is 30.7. The van der Waals surface area contributed by atoms with E-state index in [1.807, 2.05) is 48.7 Å². The molecule has 2 N–H and O–H groups in total. The molecule has 9 heteroatoms. The lowest BCUT2D eigenvalue weighted by atomic mass is 10.0. The van der Waals surface area contributed by atoms with Crippen LogP contribution in [-0.4, -0.2) is 62.6 Å². The molecule has 37 heavy (non-hydrogen) atoms. The summed E-state index contributed by atoms with van der Waals surface area (Å²) >= 11 is 1.63. The second-order valence-corrected chi connectivity index (χ2v) is 10.0. The van der Waals surface area contributed by atoms with Crippen molar-refractivity contribution in [3.05, 3.63) is 82.3 Å². The third-order valence-corrected chi connectivity index (χ3v) is 7.58.